The molecule has 3 heterocycles. The summed E-state index contributed by atoms with van der Waals surface area (Å²) in [6, 6.07) is 4.60. The van der Waals surface area contributed by atoms with Crippen molar-refractivity contribution in [3.8, 4) is 5.88 Å². The van der Waals surface area contributed by atoms with Gasteiger partial charge in [-0.05, 0) is 48.7 Å². The van der Waals surface area contributed by atoms with Gasteiger partial charge >= 0.3 is 12.4 Å². The van der Waals surface area contributed by atoms with Gasteiger partial charge in [-0.25, -0.2) is 0 Å². The van der Waals surface area contributed by atoms with Crippen LogP contribution in [0.4, 0.5) is 37.8 Å². The summed E-state index contributed by atoms with van der Waals surface area (Å²) in [6.45, 7) is 1.02. The minimum atomic E-state index is -5.00. The monoisotopic (exact) mass is 531 g/mol. The van der Waals surface area contributed by atoms with E-state index in [1.165, 1.54) is 0 Å². The van der Waals surface area contributed by atoms with E-state index in [1.54, 1.807) is 24.5 Å². The Morgan fingerprint density at radius 2 is 1.61 bits per heavy atom. The molecule has 36 heavy (non-hydrogen) atoms. The lowest BCUT2D eigenvalue weighted by atomic mass is 9.95. The third kappa shape index (κ3) is 6.22. The van der Waals surface area contributed by atoms with E-state index in [2.05, 4.69) is 19.0 Å². The number of alkyl halides is 6. The zero-order chi connectivity index (χ0) is 25.9. The van der Waals surface area contributed by atoms with Crippen LogP contribution in [0.5, 0.6) is 5.88 Å². The number of ether oxygens (including phenoxy) is 1. The number of amides is 1. The van der Waals surface area contributed by atoms with Crippen LogP contribution in [0, 0.1) is 5.92 Å². The van der Waals surface area contributed by atoms with Crippen LogP contribution in [0.3, 0.4) is 0 Å². The van der Waals surface area contributed by atoms with Crippen molar-refractivity contribution in [3.05, 3.63) is 59.4 Å². The van der Waals surface area contributed by atoms with Crippen molar-refractivity contribution in [1.29, 1.82) is 0 Å². The largest absolute Gasteiger partial charge is 0.470 e. The maximum Gasteiger partial charge on any atom is 0.416 e. The lowest BCUT2D eigenvalue weighted by molar-refractivity contribution is -0.143. The molecule has 192 valence electrons. The SMILES string of the molecule is O=C(Nc1cc(C(F)(F)F)cc(C(F)(F)F)c1)C1CCN(c2nsnc2OCc2ccncc2)CC1. The summed E-state index contributed by atoms with van der Waals surface area (Å²) in [5.74, 6) is -0.394. The topological polar surface area (TPSA) is 80.2 Å². The van der Waals surface area contributed by atoms with E-state index in [9.17, 15) is 31.1 Å². The summed E-state index contributed by atoms with van der Waals surface area (Å²) >= 11 is 0.968. The molecule has 4 rings (SSSR count). The van der Waals surface area contributed by atoms with E-state index >= 15 is 0 Å². The first kappa shape index (κ1) is 25.7. The molecule has 0 bridgehead atoms. The first-order valence-electron chi connectivity index (χ1n) is 10.7. The van der Waals surface area contributed by atoms with Crippen molar-refractivity contribution >= 4 is 29.1 Å². The highest BCUT2D eigenvalue weighted by molar-refractivity contribution is 6.99. The molecule has 1 amide bonds. The summed E-state index contributed by atoms with van der Waals surface area (Å²) in [6.07, 6.45) is -6.08. The van der Waals surface area contributed by atoms with Crippen LogP contribution >= 0.6 is 11.7 Å². The highest BCUT2D eigenvalue weighted by atomic mass is 32.1. The van der Waals surface area contributed by atoms with Gasteiger partial charge in [-0.2, -0.15) is 30.7 Å². The van der Waals surface area contributed by atoms with Gasteiger partial charge in [-0.1, -0.05) is 0 Å². The number of nitrogens with one attached hydrogen (secondary N) is 1. The molecular weight excluding hydrogens is 512 g/mol. The number of carbonyl (C=O) groups excluding carboxylic acids is 1. The number of anilines is 2. The lowest BCUT2D eigenvalue weighted by Gasteiger charge is -2.31. The fourth-order valence-corrected chi connectivity index (χ4v) is 4.24. The molecule has 1 N–H and O–H groups in total. The highest BCUT2D eigenvalue weighted by Gasteiger charge is 2.37. The fourth-order valence-electron chi connectivity index (χ4n) is 3.72. The fraction of sp³-hybridized carbons (Fsp3) is 0.364. The van der Waals surface area contributed by atoms with Gasteiger partial charge in [0.05, 0.1) is 22.9 Å². The molecule has 2 aromatic heterocycles. The van der Waals surface area contributed by atoms with Crippen LogP contribution in [0.15, 0.2) is 42.7 Å². The molecule has 0 atom stereocenters. The Kier molecular flexibility index (Phi) is 7.33. The second kappa shape index (κ2) is 10.3. The van der Waals surface area contributed by atoms with Crippen molar-refractivity contribution in [3.63, 3.8) is 0 Å². The van der Waals surface area contributed by atoms with E-state index in [0.717, 1.165) is 17.3 Å². The van der Waals surface area contributed by atoms with Gasteiger partial charge < -0.3 is 15.0 Å². The third-order valence-electron chi connectivity index (χ3n) is 5.59. The van der Waals surface area contributed by atoms with Gasteiger partial charge in [0, 0.05) is 37.1 Å². The normalized spacial score (nSPS) is 15.1. The Morgan fingerprint density at radius 1 is 1.00 bits per heavy atom. The number of pyridine rings is 1. The number of piperidine rings is 1. The van der Waals surface area contributed by atoms with Crippen molar-refractivity contribution in [2.75, 3.05) is 23.3 Å². The number of carbonyl (C=O) groups is 1. The third-order valence-corrected chi connectivity index (χ3v) is 6.09. The molecule has 1 fully saturated rings. The maximum atomic E-state index is 13.1. The molecule has 1 aliphatic rings. The Balaban J connectivity index is 1.38. The quantitative estimate of drug-likeness (QED) is 0.429. The predicted molar refractivity (Wildman–Crippen MR) is 118 cm³/mol. The van der Waals surface area contributed by atoms with Gasteiger partial charge in [0.1, 0.15) is 6.61 Å². The molecule has 0 unspecified atom stereocenters. The Morgan fingerprint density at radius 3 is 2.19 bits per heavy atom. The van der Waals surface area contributed by atoms with E-state index in [0.29, 0.717) is 49.8 Å². The van der Waals surface area contributed by atoms with E-state index in [1.807, 2.05) is 4.90 Å². The van der Waals surface area contributed by atoms with Crippen LogP contribution in [-0.4, -0.2) is 32.7 Å². The number of hydrogen-bond acceptors (Lipinski definition) is 7. The minimum absolute atomic E-state index is 0.0182. The summed E-state index contributed by atoms with van der Waals surface area (Å²) in [5.41, 5.74) is -2.64. The molecule has 1 aliphatic heterocycles. The van der Waals surface area contributed by atoms with Crippen molar-refractivity contribution in [2.24, 2.45) is 5.92 Å². The molecule has 3 aromatic rings. The first-order chi connectivity index (χ1) is 17.0. The number of rotatable bonds is 6. The summed E-state index contributed by atoms with van der Waals surface area (Å²) in [4.78, 5) is 18.5. The zero-order valence-electron chi connectivity index (χ0n) is 18.4. The number of aromatic nitrogens is 3. The van der Waals surface area contributed by atoms with Crippen LogP contribution < -0.4 is 15.0 Å². The second-order valence-electron chi connectivity index (χ2n) is 8.08. The van der Waals surface area contributed by atoms with Crippen molar-refractivity contribution in [2.45, 2.75) is 31.8 Å². The van der Waals surface area contributed by atoms with Gasteiger partial charge in [-0.15, -0.1) is 4.37 Å². The molecule has 0 radical (unpaired) electrons. The first-order valence-corrected chi connectivity index (χ1v) is 11.4. The Labute approximate surface area is 205 Å². The van der Waals surface area contributed by atoms with Crippen LogP contribution in [-0.2, 0) is 23.8 Å². The molecule has 0 saturated carbocycles. The van der Waals surface area contributed by atoms with E-state index in [4.69, 9.17) is 4.74 Å². The van der Waals surface area contributed by atoms with Crippen LogP contribution in [0.1, 0.15) is 29.5 Å². The maximum absolute atomic E-state index is 13.1. The lowest BCUT2D eigenvalue weighted by Crippen LogP contribution is -2.38. The molecule has 7 nitrogen and oxygen atoms in total. The van der Waals surface area contributed by atoms with Crippen LogP contribution in [0.25, 0.3) is 0 Å². The Bertz CT molecular complexity index is 1160. The van der Waals surface area contributed by atoms with E-state index in [-0.39, 0.29) is 12.7 Å². The number of benzene rings is 1. The predicted octanol–water partition coefficient (Wildman–Crippen LogP) is 5.40. The highest BCUT2D eigenvalue weighted by Crippen LogP contribution is 2.38. The number of nitrogens with zero attached hydrogens (tertiary/aromatic N) is 4. The smallest absolute Gasteiger partial charge is 0.416 e. The summed E-state index contributed by atoms with van der Waals surface area (Å²) in [7, 11) is 0. The molecule has 1 saturated heterocycles. The number of halogens is 6. The van der Waals surface area contributed by atoms with E-state index < -0.39 is 41.0 Å². The standard InChI is InChI=1S/C22H19F6N5O2S/c23-21(24,25)15-9-16(22(26,27)28)11-17(10-15)30-19(34)14-3-7-33(8-4-14)18-20(32-36-31-18)35-12-13-1-5-29-6-2-13/h1-2,5-6,9-11,14H,3-4,7-8,12H2,(H,30,34). The molecule has 1 aromatic carbocycles. The zero-order valence-corrected chi connectivity index (χ0v) is 19.3. The molecule has 14 heteroatoms. The molecular formula is C22H19F6N5O2S. The van der Waals surface area contributed by atoms with Gasteiger partial charge in [0.15, 0.2) is 0 Å². The van der Waals surface area contributed by atoms with Gasteiger partial charge in [0.25, 0.3) is 5.88 Å². The molecule has 0 spiro atoms. The summed E-state index contributed by atoms with van der Waals surface area (Å²) < 4.78 is 92.7. The average Bonchev–Trinajstić information content (AvgIpc) is 3.31. The van der Waals surface area contributed by atoms with Crippen molar-refractivity contribution in [1.82, 2.24) is 13.7 Å². The summed E-state index contributed by atoms with van der Waals surface area (Å²) in [5, 5.41) is 2.22. The average molecular weight is 531 g/mol. The molecule has 0 aliphatic carbocycles. The van der Waals surface area contributed by atoms with Crippen LogP contribution in [0.2, 0.25) is 0 Å². The minimum Gasteiger partial charge on any atom is -0.470 e. The van der Waals surface area contributed by atoms with Gasteiger partial charge in [-0.3, -0.25) is 9.78 Å². The second-order valence-corrected chi connectivity index (χ2v) is 8.61. The Hall–Kier alpha value is -3.42. The van der Waals surface area contributed by atoms with Crippen molar-refractivity contribution < 1.29 is 35.9 Å². The number of hydrogen-bond donors (Lipinski definition) is 1. The van der Waals surface area contributed by atoms with Gasteiger partial charge in [0.2, 0.25) is 11.7 Å².